The molecule has 2 aromatic carbocycles. The molecule has 2 aromatic heterocycles. The Labute approximate surface area is 218 Å². The molecule has 0 saturated carbocycles. The van der Waals surface area contributed by atoms with Crippen LogP contribution in [-0.2, 0) is 9.53 Å². The average Bonchev–Trinajstić information content (AvgIpc) is 3.17. The Kier molecular flexibility index (Phi) is 6.52. The molecule has 7 nitrogen and oxygen atoms in total. The molecule has 4 aromatic rings. The number of fused-ring (bicyclic) bond motifs is 2. The lowest BCUT2D eigenvalue weighted by atomic mass is 9.95. The molecule has 1 aliphatic heterocycles. The predicted octanol–water partition coefficient (Wildman–Crippen LogP) is 3.72. The number of carbonyl (C=O) groups excluding carboxylic acids is 1. The molecule has 5 rings (SSSR count). The summed E-state index contributed by atoms with van der Waals surface area (Å²) in [6, 6.07) is 17.2. The van der Waals surface area contributed by atoms with E-state index in [4.69, 9.17) is 9.72 Å². The monoisotopic (exact) mass is 512 g/mol. The van der Waals surface area contributed by atoms with Gasteiger partial charge in [-0.3, -0.25) is 9.36 Å². The Hall–Kier alpha value is -4.04. The Bertz CT molecular complexity index is 1730. The van der Waals surface area contributed by atoms with Crippen molar-refractivity contribution in [3.05, 3.63) is 102 Å². The topological polar surface area (TPSA) is 76.8 Å². The van der Waals surface area contributed by atoms with Crippen LogP contribution < -0.4 is 19.8 Å². The highest BCUT2D eigenvalue weighted by Gasteiger charge is 2.33. The smallest absolute Gasteiger partial charge is 0.338 e. The van der Waals surface area contributed by atoms with Gasteiger partial charge in [0.2, 0.25) is 0 Å². The number of hydrogen-bond acceptors (Lipinski definition) is 7. The predicted molar refractivity (Wildman–Crippen MR) is 148 cm³/mol. The molecular formula is C29H28N4O3S. The van der Waals surface area contributed by atoms with E-state index in [2.05, 4.69) is 11.1 Å². The van der Waals surface area contributed by atoms with Crippen molar-refractivity contribution in [1.29, 1.82) is 0 Å². The number of rotatable bonds is 5. The summed E-state index contributed by atoms with van der Waals surface area (Å²) in [5, 5.41) is 1.05. The number of esters is 1. The maximum atomic E-state index is 13.8. The zero-order chi connectivity index (χ0) is 26.3. The standard InChI is InChI=1S/C29H28N4O3S/c1-6-36-28(35)25-18(3)30-29-33(26(25)19-9-12-22(13-10-19)32(4)5)27(34)24(37-29)16-21-11-8-20-15-17(2)7-14-23(20)31-21/h7-16,26H,6H2,1-5H3/b24-16+. The SMILES string of the molecule is CCOC(=O)C1=C(C)N=c2s/c(=C/c3ccc4cc(C)ccc4n3)c(=O)n2C1c1ccc(N(C)C)cc1. The number of hydrogen-bond donors (Lipinski definition) is 0. The quantitative estimate of drug-likeness (QED) is 0.381. The number of aryl methyl sites for hydroxylation is 1. The van der Waals surface area contributed by atoms with Crippen molar-refractivity contribution in [3.63, 3.8) is 0 Å². The molecule has 0 fully saturated rings. The number of allylic oxidation sites excluding steroid dienone is 1. The molecule has 37 heavy (non-hydrogen) atoms. The second-order valence-electron chi connectivity index (χ2n) is 9.22. The van der Waals surface area contributed by atoms with Gasteiger partial charge in [0, 0.05) is 25.2 Å². The summed E-state index contributed by atoms with van der Waals surface area (Å²) in [5.74, 6) is -0.466. The average molecular weight is 513 g/mol. The molecule has 8 heteroatoms. The van der Waals surface area contributed by atoms with E-state index in [0.29, 0.717) is 26.3 Å². The van der Waals surface area contributed by atoms with Gasteiger partial charge in [0.05, 0.1) is 39.7 Å². The van der Waals surface area contributed by atoms with Crippen LogP contribution in [0.2, 0.25) is 0 Å². The molecule has 0 saturated heterocycles. The minimum atomic E-state index is -0.638. The minimum Gasteiger partial charge on any atom is -0.463 e. The maximum absolute atomic E-state index is 13.8. The highest BCUT2D eigenvalue weighted by Crippen LogP contribution is 2.31. The summed E-state index contributed by atoms with van der Waals surface area (Å²) in [7, 11) is 3.93. The number of ether oxygens (including phenoxy) is 1. The van der Waals surface area contributed by atoms with Crippen LogP contribution in [0.25, 0.3) is 17.0 Å². The summed E-state index contributed by atoms with van der Waals surface area (Å²) >= 11 is 1.30. The molecule has 0 bridgehead atoms. The van der Waals surface area contributed by atoms with Crippen LogP contribution in [0.4, 0.5) is 5.69 Å². The van der Waals surface area contributed by atoms with Crippen molar-refractivity contribution in [2.45, 2.75) is 26.8 Å². The van der Waals surface area contributed by atoms with E-state index in [1.54, 1.807) is 24.5 Å². The molecule has 0 radical (unpaired) electrons. The first-order valence-electron chi connectivity index (χ1n) is 12.1. The number of pyridine rings is 1. The third-order valence-electron chi connectivity index (χ3n) is 6.39. The molecule has 0 N–H and O–H groups in total. The zero-order valence-corrected chi connectivity index (χ0v) is 22.3. The van der Waals surface area contributed by atoms with Crippen molar-refractivity contribution in [2.24, 2.45) is 4.99 Å². The van der Waals surface area contributed by atoms with Gasteiger partial charge in [-0.05, 0) is 62.7 Å². The second-order valence-corrected chi connectivity index (χ2v) is 10.2. The highest BCUT2D eigenvalue weighted by molar-refractivity contribution is 7.07. The van der Waals surface area contributed by atoms with Crippen molar-refractivity contribution in [3.8, 4) is 0 Å². The van der Waals surface area contributed by atoms with Crippen LogP contribution >= 0.6 is 11.3 Å². The molecule has 0 aliphatic carbocycles. The lowest BCUT2D eigenvalue weighted by molar-refractivity contribution is -0.139. The van der Waals surface area contributed by atoms with Crippen molar-refractivity contribution < 1.29 is 9.53 Å². The van der Waals surface area contributed by atoms with Gasteiger partial charge in [0.1, 0.15) is 0 Å². The van der Waals surface area contributed by atoms with Gasteiger partial charge in [0.25, 0.3) is 5.56 Å². The molecule has 188 valence electrons. The molecular weight excluding hydrogens is 484 g/mol. The summed E-state index contributed by atoms with van der Waals surface area (Å²) in [4.78, 5) is 38.8. The van der Waals surface area contributed by atoms with Gasteiger partial charge in [-0.2, -0.15) is 0 Å². The van der Waals surface area contributed by atoms with E-state index in [9.17, 15) is 9.59 Å². The molecule has 0 spiro atoms. The number of nitrogens with zero attached hydrogens (tertiary/aromatic N) is 4. The van der Waals surface area contributed by atoms with Gasteiger partial charge in [0.15, 0.2) is 4.80 Å². The number of benzene rings is 2. The largest absolute Gasteiger partial charge is 0.463 e. The van der Waals surface area contributed by atoms with E-state index >= 15 is 0 Å². The van der Waals surface area contributed by atoms with Gasteiger partial charge in [-0.15, -0.1) is 0 Å². The Balaban J connectivity index is 1.68. The van der Waals surface area contributed by atoms with E-state index < -0.39 is 12.0 Å². The minimum absolute atomic E-state index is 0.217. The normalized spacial score (nSPS) is 15.5. The van der Waals surface area contributed by atoms with Crippen LogP contribution in [0, 0.1) is 6.92 Å². The third kappa shape index (κ3) is 4.60. The Morgan fingerprint density at radius 1 is 1.11 bits per heavy atom. The third-order valence-corrected chi connectivity index (χ3v) is 7.37. The summed E-state index contributed by atoms with van der Waals surface area (Å²) in [6.07, 6.45) is 1.79. The van der Waals surface area contributed by atoms with Crippen molar-refractivity contribution in [2.75, 3.05) is 25.6 Å². The van der Waals surface area contributed by atoms with E-state index in [1.807, 2.05) is 74.4 Å². The van der Waals surface area contributed by atoms with Crippen LogP contribution in [0.5, 0.6) is 0 Å². The van der Waals surface area contributed by atoms with Gasteiger partial charge >= 0.3 is 5.97 Å². The molecule has 3 heterocycles. The lowest BCUT2D eigenvalue weighted by Crippen LogP contribution is -2.40. The highest BCUT2D eigenvalue weighted by atomic mass is 32.1. The first kappa shape index (κ1) is 24.6. The molecule has 1 unspecified atom stereocenters. The first-order valence-corrected chi connectivity index (χ1v) is 12.9. The number of carbonyl (C=O) groups is 1. The number of thiazole rings is 1. The van der Waals surface area contributed by atoms with Crippen molar-refractivity contribution >= 4 is 40.0 Å². The van der Waals surface area contributed by atoms with Crippen LogP contribution in [-0.4, -0.2) is 36.2 Å². The van der Waals surface area contributed by atoms with E-state index in [1.165, 1.54) is 16.9 Å². The number of aromatic nitrogens is 2. The van der Waals surface area contributed by atoms with E-state index in [-0.39, 0.29) is 12.2 Å². The van der Waals surface area contributed by atoms with Crippen molar-refractivity contribution in [1.82, 2.24) is 9.55 Å². The summed E-state index contributed by atoms with van der Waals surface area (Å²) < 4.78 is 7.48. The Morgan fingerprint density at radius 2 is 1.86 bits per heavy atom. The van der Waals surface area contributed by atoms with Crippen LogP contribution in [0.15, 0.2) is 75.7 Å². The van der Waals surface area contributed by atoms with Gasteiger partial charge in [-0.25, -0.2) is 14.8 Å². The molecule has 0 amide bonds. The van der Waals surface area contributed by atoms with Crippen LogP contribution in [0.1, 0.15) is 36.7 Å². The fraction of sp³-hybridized carbons (Fsp3) is 0.241. The fourth-order valence-electron chi connectivity index (χ4n) is 4.54. The molecule has 1 aliphatic rings. The zero-order valence-electron chi connectivity index (χ0n) is 21.5. The first-order chi connectivity index (χ1) is 17.8. The Morgan fingerprint density at radius 3 is 2.57 bits per heavy atom. The van der Waals surface area contributed by atoms with Gasteiger partial charge < -0.3 is 9.64 Å². The lowest BCUT2D eigenvalue weighted by Gasteiger charge is -2.25. The fourth-order valence-corrected chi connectivity index (χ4v) is 5.57. The summed E-state index contributed by atoms with van der Waals surface area (Å²) in [5.41, 5.74) is 5.26. The van der Waals surface area contributed by atoms with E-state index in [0.717, 1.165) is 22.2 Å². The number of anilines is 1. The summed E-state index contributed by atoms with van der Waals surface area (Å²) in [6.45, 7) is 5.84. The maximum Gasteiger partial charge on any atom is 0.338 e. The molecule has 1 atom stereocenters. The van der Waals surface area contributed by atoms with Gasteiger partial charge in [-0.1, -0.05) is 41.2 Å². The second kappa shape index (κ2) is 9.78. The van der Waals surface area contributed by atoms with Crippen LogP contribution in [0.3, 0.4) is 0 Å².